The fourth-order valence-electron chi connectivity index (χ4n) is 2.98. The molecule has 6 heteroatoms. The molecule has 1 aliphatic carbocycles. The maximum absolute atomic E-state index is 11.8. The second-order valence-electron chi connectivity index (χ2n) is 5.33. The largest absolute Gasteiger partial charge is 0.481 e. The molecule has 0 saturated heterocycles. The number of rotatable bonds is 5. The van der Waals surface area contributed by atoms with Crippen LogP contribution in [0, 0.1) is 5.41 Å². The summed E-state index contributed by atoms with van der Waals surface area (Å²) in [7, 11) is -3.55. The topological polar surface area (TPSA) is 91.7 Å². The van der Waals surface area contributed by atoms with Crippen molar-refractivity contribution >= 4 is 15.8 Å². The maximum Gasteiger partial charge on any atom is 0.314 e. The number of hydrogen-bond acceptors (Lipinski definition) is 4. The summed E-state index contributed by atoms with van der Waals surface area (Å²) in [4.78, 5) is 11.5. The number of aliphatic carboxylic acids is 1. The number of carboxylic acid groups (broad SMARTS) is 1. The van der Waals surface area contributed by atoms with Crippen LogP contribution in [0.4, 0.5) is 0 Å². The van der Waals surface area contributed by atoms with Crippen molar-refractivity contribution in [3.63, 3.8) is 0 Å². The fraction of sp³-hybridized carbons (Fsp3) is 0.500. The normalized spacial score (nSPS) is 29.1. The highest BCUT2D eigenvalue weighted by atomic mass is 32.2. The summed E-state index contributed by atoms with van der Waals surface area (Å²) >= 11 is 0. The van der Waals surface area contributed by atoms with E-state index in [1.165, 1.54) is 0 Å². The van der Waals surface area contributed by atoms with Gasteiger partial charge in [0, 0.05) is 12.2 Å². The number of benzene rings is 1. The van der Waals surface area contributed by atoms with Crippen molar-refractivity contribution in [3.05, 3.63) is 35.4 Å². The summed E-state index contributed by atoms with van der Waals surface area (Å²) in [6, 6.07) is 7.22. The van der Waals surface area contributed by atoms with Gasteiger partial charge in [-0.2, -0.15) is 0 Å². The molecule has 1 aliphatic rings. The lowest BCUT2D eigenvalue weighted by Crippen LogP contribution is -2.27. The van der Waals surface area contributed by atoms with Crippen LogP contribution < -0.4 is 0 Å². The second kappa shape index (κ2) is 4.86. The molecular formula is C14H18O5S. The van der Waals surface area contributed by atoms with E-state index in [9.17, 15) is 23.4 Å². The van der Waals surface area contributed by atoms with Crippen LogP contribution >= 0.6 is 0 Å². The van der Waals surface area contributed by atoms with Gasteiger partial charge in [-0.25, -0.2) is 8.42 Å². The Labute approximate surface area is 118 Å². The van der Waals surface area contributed by atoms with Crippen molar-refractivity contribution < 1.29 is 23.4 Å². The average molecular weight is 298 g/mol. The Kier molecular flexibility index (Phi) is 3.64. The lowest BCUT2D eigenvalue weighted by molar-refractivity contribution is -0.145. The number of hydrogen-bond donors (Lipinski definition) is 2. The van der Waals surface area contributed by atoms with Gasteiger partial charge in [0.25, 0.3) is 0 Å². The summed E-state index contributed by atoms with van der Waals surface area (Å²) in [5.74, 6) is -1.95. The van der Waals surface area contributed by atoms with Crippen LogP contribution in [-0.4, -0.2) is 42.7 Å². The molecule has 1 aromatic rings. The third kappa shape index (κ3) is 2.13. The molecule has 0 aromatic heterocycles. The first kappa shape index (κ1) is 15.0. The lowest BCUT2D eigenvalue weighted by Gasteiger charge is -2.08. The molecular weight excluding hydrogens is 280 g/mol. The van der Waals surface area contributed by atoms with Gasteiger partial charge in [-0.05, 0) is 17.5 Å². The number of sulfone groups is 1. The predicted octanol–water partition coefficient (Wildman–Crippen LogP) is 0.823. The summed E-state index contributed by atoms with van der Waals surface area (Å²) in [6.07, 6.45) is 1.87. The van der Waals surface area contributed by atoms with Crippen molar-refractivity contribution in [2.45, 2.75) is 24.5 Å². The van der Waals surface area contributed by atoms with E-state index in [2.05, 4.69) is 0 Å². The van der Waals surface area contributed by atoms with Gasteiger partial charge in [0.2, 0.25) is 0 Å². The first-order valence-electron chi connectivity index (χ1n) is 6.41. The Morgan fingerprint density at radius 2 is 1.85 bits per heavy atom. The minimum absolute atomic E-state index is 0.647. The Hall–Kier alpha value is -1.40. The van der Waals surface area contributed by atoms with Gasteiger partial charge >= 0.3 is 5.97 Å². The van der Waals surface area contributed by atoms with E-state index >= 15 is 0 Å². The minimum Gasteiger partial charge on any atom is -0.481 e. The van der Waals surface area contributed by atoms with E-state index in [0.717, 1.165) is 18.2 Å². The molecule has 0 amide bonds. The SMILES string of the molecule is CCc1ccc(C2C(S(C)(=O)=O)C2(CO)C(=O)O)cc1. The Bertz CT molecular complexity index is 619. The molecule has 0 radical (unpaired) electrons. The molecule has 1 aromatic carbocycles. The Morgan fingerprint density at radius 1 is 1.30 bits per heavy atom. The molecule has 1 saturated carbocycles. The van der Waals surface area contributed by atoms with Gasteiger partial charge in [0.15, 0.2) is 9.84 Å². The molecule has 1 fully saturated rings. The number of aryl methyl sites for hydroxylation is 1. The van der Waals surface area contributed by atoms with Crippen LogP contribution in [0.25, 0.3) is 0 Å². The van der Waals surface area contributed by atoms with Crippen LogP contribution in [0.5, 0.6) is 0 Å². The Morgan fingerprint density at radius 3 is 2.15 bits per heavy atom. The molecule has 3 atom stereocenters. The standard InChI is InChI=1S/C14H18O5S/c1-3-9-4-6-10(7-5-9)11-12(20(2,18)19)14(11,8-15)13(16)17/h4-7,11-12,15H,3,8H2,1-2H3,(H,16,17). The van der Waals surface area contributed by atoms with Crippen LogP contribution in [0.1, 0.15) is 24.0 Å². The molecule has 5 nitrogen and oxygen atoms in total. The number of carboxylic acids is 1. The zero-order valence-corrected chi connectivity index (χ0v) is 12.2. The lowest BCUT2D eigenvalue weighted by atomic mass is 9.99. The van der Waals surface area contributed by atoms with Crippen LogP contribution in [0.15, 0.2) is 24.3 Å². The van der Waals surface area contributed by atoms with E-state index < -0.39 is 39.0 Å². The summed E-state index contributed by atoms with van der Waals surface area (Å²) in [5.41, 5.74) is 0.130. The van der Waals surface area contributed by atoms with Gasteiger partial charge in [-0.15, -0.1) is 0 Å². The number of carbonyl (C=O) groups is 1. The van der Waals surface area contributed by atoms with E-state index in [1.807, 2.05) is 19.1 Å². The second-order valence-corrected chi connectivity index (χ2v) is 7.49. The average Bonchev–Trinajstić information content (AvgIpc) is 3.09. The van der Waals surface area contributed by atoms with E-state index in [4.69, 9.17) is 0 Å². The first-order valence-corrected chi connectivity index (χ1v) is 8.36. The molecule has 110 valence electrons. The smallest absolute Gasteiger partial charge is 0.314 e. The quantitative estimate of drug-likeness (QED) is 0.840. The first-order chi connectivity index (χ1) is 9.29. The van der Waals surface area contributed by atoms with Crippen LogP contribution in [0.3, 0.4) is 0 Å². The van der Waals surface area contributed by atoms with Gasteiger partial charge < -0.3 is 10.2 Å². The minimum atomic E-state index is -3.55. The molecule has 2 rings (SSSR count). The molecule has 0 heterocycles. The highest BCUT2D eigenvalue weighted by Gasteiger charge is 2.74. The molecule has 0 spiro atoms. The fourth-order valence-corrected chi connectivity index (χ4v) is 4.88. The molecule has 2 N–H and O–H groups in total. The van der Waals surface area contributed by atoms with Crippen LogP contribution in [0.2, 0.25) is 0 Å². The van der Waals surface area contributed by atoms with E-state index in [0.29, 0.717) is 5.56 Å². The summed E-state index contributed by atoms with van der Waals surface area (Å²) in [6.45, 7) is 1.32. The van der Waals surface area contributed by atoms with Gasteiger partial charge in [-0.3, -0.25) is 4.79 Å². The van der Waals surface area contributed by atoms with Crippen molar-refractivity contribution in [1.29, 1.82) is 0 Å². The predicted molar refractivity (Wildman–Crippen MR) is 74.3 cm³/mol. The zero-order chi connectivity index (χ0) is 15.1. The zero-order valence-electron chi connectivity index (χ0n) is 11.4. The van der Waals surface area contributed by atoms with Crippen LogP contribution in [-0.2, 0) is 21.1 Å². The van der Waals surface area contributed by atoms with Gasteiger partial charge in [0.1, 0.15) is 5.41 Å². The Balaban J connectivity index is 2.46. The van der Waals surface area contributed by atoms with Crippen molar-refractivity contribution in [2.24, 2.45) is 5.41 Å². The monoisotopic (exact) mass is 298 g/mol. The third-order valence-corrected chi connectivity index (χ3v) is 5.74. The number of aliphatic hydroxyl groups excluding tert-OH is 1. The molecule has 0 bridgehead atoms. The molecule has 0 aliphatic heterocycles. The summed E-state index contributed by atoms with van der Waals surface area (Å²) < 4.78 is 23.6. The van der Waals surface area contributed by atoms with Gasteiger partial charge in [0.05, 0.1) is 11.9 Å². The van der Waals surface area contributed by atoms with Crippen molar-refractivity contribution in [3.8, 4) is 0 Å². The maximum atomic E-state index is 11.8. The molecule has 3 unspecified atom stereocenters. The van der Waals surface area contributed by atoms with E-state index in [-0.39, 0.29) is 0 Å². The van der Waals surface area contributed by atoms with Crippen molar-refractivity contribution in [2.75, 3.05) is 12.9 Å². The highest BCUT2D eigenvalue weighted by Crippen LogP contribution is 2.62. The van der Waals surface area contributed by atoms with Gasteiger partial charge in [-0.1, -0.05) is 31.2 Å². The van der Waals surface area contributed by atoms with E-state index in [1.54, 1.807) is 12.1 Å². The molecule has 20 heavy (non-hydrogen) atoms. The highest BCUT2D eigenvalue weighted by molar-refractivity contribution is 7.91. The van der Waals surface area contributed by atoms with Crippen molar-refractivity contribution in [1.82, 2.24) is 0 Å². The summed E-state index contributed by atoms with van der Waals surface area (Å²) in [5, 5.41) is 17.7. The third-order valence-electron chi connectivity index (χ3n) is 4.12. The number of aliphatic hydroxyl groups is 1.